The summed E-state index contributed by atoms with van der Waals surface area (Å²) in [4.78, 5) is 20.3. The van der Waals surface area contributed by atoms with Crippen LogP contribution >= 0.6 is 0 Å². The van der Waals surface area contributed by atoms with Crippen molar-refractivity contribution < 1.29 is 19.4 Å². The lowest BCUT2D eigenvalue weighted by atomic mass is 10.2. The number of benzene rings is 1. The summed E-state index contributed by atoms with van der Waals surface area (Å²) in [6, 6.07) is 6.91. The number of aromatic hydroxyl groups is 1. The summed E-state index contributed by atoms with van der Waals surface area (Å²) in [5, 5.41) is 17.7. The van der Waals surface area contributed by atoms with Crippen LogP contribution in [-0.4, -0.2) is 22.2 Å². The van der Waals surface area contributed by atoms with E-state index in [0.29, 0.717) is 5.58 Å². The van der Waals surface area contributed by atoms with Crippen LogP contribution in [-0.2, 0) is 4.79 Å². The molecule has 0 spiro atoms. The van der Waals surface area contributed by atoms with Gasteiger partial charge >= 0.3 is 11.6 Å². The van der Waals surface area contributed by atoms with E-state index in [-0.39, 0.29) is 5.75 Å². The molecule has 6 heteroatoms. The number of rotatable bonds is 1. The Hall–Kier alpha value is -2.34. The number of aliphatic carboxylic acids is 1. The molecule has 1 heterocycles. The Kier molecular flexibility index (Phi) is 4.45. The number of carboxylic acid groups (broad SMARTS) is 1. The average Bonchev–Trinajstić information content (AvgIpc) is 2.29. The number of phenolic OH excluding ortho intramolecular Hbond substituents is 1. The highest BCUT2D eigenvalue weighted by Gasteiger charge is 1.99. The van der Waals surface area contributed by atoms with Gasteiger partial charge in [0.05, 0.1) is 0 Å². The van der Waals surface area contributed by atoms with Crippen LogP contribution in [0.1, 0.15) is 6.92 Å². The number of carbonyl (C=O) groups is 1. The van der Waals surface area contributed by atoms with E-state index in [0.717, 1.165) is 5.39 Å². The van der Waals surface area contributed by atoms with E-state index in [1.54, 1.807) is 18.2 Å². The molecule has 2 aromatic rings. The summed E-state index contributed by atoms with van der Waals surface area (Å²) < 4.78 is 4.83. The fraction of sp³-hybridized carbons (Fsp3) is 0.167. The summed E-state index contributed by atoms with van der Waals surface area (Å²) in [6.07, 6.45) is 0. The standard InChI is InChI=1S/C9H6O3.C3H7NO2/c10-7-3-1-6-2-4-9(11)12-8(6)5-7;1-2(4)3(5)6/h1-5,10H;2H,4H2,1H3,(H,5,6). The maximum Gasteiger partial charge on any atom is 0.336 e. The first-order valence-corrected chi connectivity index (χ1v) is 5.11. The molecule has 0 aliphatic heterocycles. The Morgan fingerprint density at radius 1 is 1.33 bits per heavy atom. The molecule has 0 amide bonds. The molecule has 0 aliphatic carbocycles. The van der Waals surface area contributed by atoms with Gasteiger partial charge in [-0.05, 0) is 25.1 Å². The maximum absolute atomic E-state index is 10.7. The van der Waals surface area contributed by atoms with Crippen molar-refractivity contribution in [2.75, 3.05) is 0 Å². The highest BCUT2D eigenvalue weighted by atomic mass is 16.4. The van der Waals surface area contributed by atoms with E-state index < -0.39 is 17.6 Å². The van der Waals surface area contributed by atoms with Gasteiger partial charge in [0.15, 0.2) is 0 Å². The molecule has 0 saturated heterocycles. The van der Waals surface area contributed by atoms with E-state index in [1.165, 1.54) is 19.1 Å². The van der Waals surface area contributed by atoms with Crippen LogP contribution in [0.2, 0.25) is 0 Å². The third kappa shape index (κ3) is 3.91. The second kappa shape index (κ2) is 5.83. The SMILES string of the molecule is CC(N)C(=O)O.O=c1ccc2ccc(O)cc2o1. The van der Waals surface area contributed by atoms with Crippen LogP contribution in [0.4, 0.5) is 0 Å². The predicted octanol–water partition coefficient (Wildman–Crippen LogP) is 0.917. The molecular weight excluding hydrogens is 238 g/mol. The smallest absolute Gasteiger partial charge is 0.336 e. The van der Waals surface area contributed by atoms with E-state index in [1.807, 2.05) is 0 Å². The molecule has 4 N–H and O–H groups in total. The van der Waals surface area contributed by atoms with Crippen molar-refractivity contribution in [1.82, 2.24) is 0 Å². The third-order valence-corrected chi connectivity index (χ3v) is 2.00. The van der Waals surface area contributed by atoms with Gasteiger partial charge in [-0.25, -0.2) is 4.79 Å². The second-order valence-electron chi connectivity index (χ2n) is 3.60. The molecule has 96 valence electrons. The van der Waals surface area contributed by atoms with Crippen LogP contribution in [0.15, 0.2) is 39.5 Å². The van der Waals surface area contributed by atoms with E-state index >= 15 is 0 Å². The Bertz CT molecular complexity index is 603. The Morgan fingerprint density at radius 3 is 2.44 bits per heavy atom. The molecule has 1 aromatic heterocycles. The molecular formula is C12H13NO5. The minimum absolute atomic E-state index is 0.0943. The number of hydrogen-bond acceptors (Lipinski definition) is 5. The van der Waals surface area contributed by atoms with Crippen molar-refractivity contribution in [3.63, 3.8) is 0 Å². The topological polar surface area (TPSA) is 114 Å². The predicted molar refractivity (Wildman–Crippen MR) is 65.4 cm³/mol. The fourth-order valence-electron chi connectivity index (χ4n) is 1.05. The van der Waals surface area contributed by atoms with E-state index in [9.17, 15) is 9.59 Å². The number of nitrogens with two attached hydrogens (primary N) is 1. The van der Waals surface area contributed by atoms with Gasteiger partial charge in [-0.1, -0.05) is 0 Å². The fourth-order valence-corrected chi connectivity index (χ4v) is 1.05. The molecule has 0 saturated carbocycles. The van der Waals surface area contributed by atoms with Crippen molar-refractivity contribution >= 4 is 16.9 Å². The lowest BCUT2D eigenvalue weighted by Crippen LogP contribution is -2.25. The van der Waals surface area contributed by atoms with Gasteiger partial charge in [-0.2, -0.15) is 0 Å². The van der Waals surface area contributed by atoms with Gasteiger partial charge < -0.3 is 20.4 Å². The molecule has 1 atom stereocenters. The minimum Gasteiger partial charge on any atom is -0.508 e. The zero-order chi connectivity index (χ0) is 13.7. The maximum atomic E-state index is 10.7. The molecule has 18 heavy (non-hydrogen) atoms. The second-order valence-corrected chi connectivity index (χ2v) is 3.60. The monoisotopic (exact) mass is 251 g/mol. The summed E-state index contributed by atoms with van der Waals surface area (Å²) in [7, 11) is 0. The highest BCUT2D eigenvalue weighted by Crippen LogP contribution is 2.17. The zero-order valence-electron chi connectivity index (χ0n) is 9.66. The highest BCUT2D eigenvalue weighted by molar-refractivity contribution is 5.77. The van der Waals surface area contributed by atoms with E-state index in [2.05, 4.69) is 0 Å². The van der Waals surface area contributed by atoms with Gasteiger partial charge in [0.1, 0.15) is 17.4 Å². The van der Waals surface area contributed by atoms with Crippen molar-refractivity contribution in [3.05, 3.63) is 40.8 Å². The summed E-state index contributed by atoms with van der Waals surface area (Å²) in [5.74, 6) is -0.869. The normalized spacial score (nSPS) is 11.4. The molecule has 0 aliphatic rings. The molecule has 0 bridgehead atoms. The van der Waals surface area contributed by atoms with Gasteiger partial charge in [0.25, 0.3) is 0 Å². The van der Waals surface area contributed by atoms with Crippen LogP contribution in [0.5, 0.6) is 5.75 Å². The largest absolute Gasteiger partial charge is 0.508 e. The van der Waals surface area contributed by atoms with Crippen LogP contribution in [0, 0.1) is 0 Å². The quantitative estimate of drug-likeness (QED) is 0.649. The van der Waals surface area contributed by atoms with Gasteiger partial charge in [0, 0.05) is 17.5 Å². The summed E-state index contributed by atoms with van der Waals surface area (Å²) in [5.41, 5.74) is 4.83. The number of hydrogen-bond donors (Lipinski definition) is 3. The van der Waals surface area contributed by atoms with Crippen LogP contribution < -0.4 is 11.4 Å². The molecule has 1 unspecified atom stereocenters. The van der Waals surface area contributed by atoms with Crippen molar-refractivity contribution in [2.45, 2.75) is 13.0 Å². The summed E-state index contributed by atoms with van der Waals surface area (Å²) >= 11 is 0. The first kappa shape index (κ1) is 13.7. The first-order chi connectivity index (χ1) is 8.40. The zero-order valence-corrected chi connectivity index (χ0v) is 9.66. The molecule has 1 aromatic carbocycles. The van der Waals surface area contributed by atoms with Crippen molar-refractivity contribution in [2.24, 2.45) is 5.73 Å². The number of phenols is 1. The van der Waals surface area contributed by atoms with Crippen molar-refractivity contribution in [3.8, 4) is 5.75 Å². The third-order valence-electron chi connectivity index (χ3n) is 2.00. The molecule has 6 nitrogen and oxygen atoms in total. The number of fused-ring (bicyclic) bond motifs is 1. The lowest BCUT2D eigenvalue weighted by molar-refractivity contribution is -0.138. The average molecular weight is 251 g/mol. The van der Waals surface area contributed by atoms with Crippen LogP contribution in [0.3, 0.4) is 0 Å². The van der Waals surface area contributed by atoms with Crippen LogP contribution in [0.25, 0.3) is 11.0 Å². The minimum atomic E-state index is -0.963. The Balaban J connectivity index is 0.000000232. The van der Waals surface area contributed by atoms with Gasteiger partial charge in [0.2, 0.25) is 0 Å². The van der Waals surface area contributed by atoms with E-state index in [4.69, 9.17) is 20.4 Å². The van der Waals surface area contributed by atoms with Gasteiger partial charge in [-0.3, -0.25) is 4.79 Å². The Morgan fingerprint density at radius 2 is 1.89 bits per heavy atom. The Labute approximate surface area is 102 Å². The molecule has 0 radical (unpaired) electrons. The van der Waals surface area contributed by atoms with Gasteiger partial charge in [-0.15, -0.1) is 0 Å². The number of carboxylic acids is 1. The molecule has 2 rings (SSSR count). The summed E-state index contributed by atoms with van der Waals surface area (Å²) in [6.45, 7) is 1.42. The first-order valence-electron chi connectivity index (χ1n) is 5.11. The molecule has 0 fully saturated rings. The lowest BCUT2D eigenvalue weighted by Gasteiger charge is -1.94. The van der Waals surface area contributed by atoms with Crippen molar-refractivity contribution in [1.29, 1.82) is 0 Å².